The molecule has 1 fully saturated rings. The van der Waals surface area contributed by atoms with Crippen LogP contribution in [0.15, 0.2) is 42.5 Å². The lowest BCUT2D eigenvalue weighted by Crippen LogP contribution is -2.24. The summed E-state index contributed by atoms with van der Waals surface area (Å²) in [6.45, 7) is 3.19. The fourth-order valence-electron chi connectivity index (χ4n) is 2.98. The van der Waals surface area contributed by atoms with Gasteiger partial charge in [-0.05, 0) is 49.7 Å². The lowest BCUT2D eigenvalue weighted by atomic mass is 10.2. The van der Waals surface area contributed by atoms with Crippen molar-refractivity contribution in [2.75, 3.05) is 35.8 Å². The van der Waals surface area contributed by atoms with E-state index in [9.17, 15) is 9.59 Å². The third kappa shape index (κ3) is 4.49. The van der Waals surface area contributed by atoms with Crippen molar-refractivity contribution in [1.29, 1.82) is 0 Å². The molecule has 0 spiro atoms. The molecule has 1 heterocycles. The van der Waals surface area contributed by atoms with Crippen molar-refractivity contribution < 1.29 is 19.1 Å². The average molecular weight is 369 g/mol. The Balaban J connectivity index is 1.66. The van der Waals surface area contributed by atoms with E-state index in [1.165, 1.54) is 0 Å². The number of ether oxygens (including phenoxy) is 2. The minimum Gasteiger partial charge on any atom is -0.494 e. The number of urea groups is 1. The Morgan fingerprint density at radius 1 is 1.11 bits per heavy atom. The Bertz CT molecular complexity index is 820. The van der Waals surface area contributed by atoms with Gasteiger partial charge in [0.1, 0.15) is 11.5 Å². The molecule has 0 aliphatic carbocycles. The van der Waals surface area contributed by atoms with Gasteiger partial charge in [-0.1, -0.05) is 0 Å². The maximum Gasteiger partial charge on any atom is 0.323 e. The lowest BCUT2D eigenvalue weighted by Gasteiger charge is -2.19. The number of rotatable bonds is 6. The average Bonchev–Trinajstić information content (AvgIpc) is 3.09. The summed E-state index contributed by atoms with van der Waals surface area (Å²) in [6, 6.07) is 12.0. The molecular formula is C20H23N3O4. The van der Waals surface area contributed by atoms with Crippen LogP contribution in [-0.2, 0) is 4.79 Å². The highest BCUT2D eigenvalue weighted by Gasteiger charge is 2.24. The first-order chi connectivity index (χ1) is 13.1. The van der Waals surface area contributed by atoms with Crippen LogP contribution in [0.25, 0.3) is 0 Å². The maximum atomic E-state index is 12.2. The molecule has 2 aromatic carbocycles. The monoisotopic (exact) mass is 369 g/mol. The Morgan fingerprint density at radius 2 is 1.81 bits per heavy atom. The quantitative estimate of drug-likeness (QED) is 0.810. The number of benzene rings is 2. The van der Waals surface area contributed by atoms with Crippen LogP contribution in [0.4, 0.5) is 21.9 Å². The fraction of sp³-hybridized carbons (Fsp3) is 0.300. The van der Waals surface area contributed by atoms with Gasteiger partial charge in [0.2, 0.25) is 5.91 Å². The second kappa shape index (κ2) is 8.44. The first-order valence-corrected chi connectivity index (χ1v) is 8.90. The second-order valence-electron chi connectivity index (χ2n) is 6.07. The number of nitrogens with zero attached hydrogens (tertiary/aromatic N) is 1. The molecule has 0 aromatic heterocycles. The van der Waals surface area contributed by atoms with Gasteiger partial charge in [0.15, 0.2) is 0 Å². The van der Waals surface area contributed by atoms with Crippen molar-refractivity contribution in [2.24, 2.45) is 0 Å². The normalized spacial score (nSPS) is 13.4. The van der Waals surface area contributed by atoms with E-state index in [1.807, 2.05) is 6.92 Å². The Kier molecular flexibility index (Phi) is 5.80. The molecule has 27 heavy (non-hydrogen) atoms. The number of carbonyl (C=O) groups excluding carboxylic acids is 2. The molecule has 0 saturated carbocycles. The van der Waals surface area contributed by atoms with Gasteiger partial charge < -0.3 is 25.0 Å². The summed E-state index contributed by atoms with van der Waals surface area (Å²) in [5.41, 5.74) is 1.95. The summed E-state index contributed by atoms with van der Waals surface area (Å²) in [5, 5.41) is 5.53. The van der Waals surface area contributed by atoms with Crippen LogP contribution in [0.3, 0.4) is 0 Å². The van der Waals surface area contributed by atoms with E-state index in [1.54, 1.807) is 54.5 Å². The van der Waals surface area contributed by atoms with Gasteiger partial charge in [-0.2, -0.15) is 0 Å². The number of methoxy groups -OCH3 is 1. The number of amides is 3. The van der Waals surface area contributed by atoms with E-state index < -0.39 is 0 Å². The third-order valence-electron chi connectivity index (χ3n) is 4.22. The first-order valence-electron chi connectivity index (χ1n) is 8.90. The van der Waals surface area contributed by atoms with E-state index in [4.69, 9.17) is 9.47 Å². The van der Waals surface area contributed by atoms with Gasteiger partial charge in [0, 0.05) is 30.4 Å². The molecule has 142 valence electrons. The number of anilines is 3. The topological polar surface area (TPSA) is 79.9 Å². The zero-order chi connectivity index (χ0) is 19.2. The fourth-order valence-corrected chi connectivity index (χ4v) is 2.98. The summed E-state index contributed by atoms with van der Waals surface area (Å²) in [7, 11) is 1.54. The smallest absolute Gasteiger partial charge is 0.323 e. The summed E-state index contributed by atoms with van der Waals surface area (Å²) in [6.07, 6.45) is 1.39. The maximum absolute atomic E-state index is 12.2. The largest absolute Gasteiger partial charge is 0.494 e. The summed E-state index contributed by atoms with van der Waals surface area (Å²) in [5.74, 6) is 1.38. The number of hydrogen-bond donors (Lipinski definition) is 2. The number of carbonyl (C=O) groups is 2. The standard InChI is InChI=1S/C20H23N3O4/c1-3-27-16-9-6-14(7-10-16)21-20(25)22-15-8-11-17(18(13-15)26-2)23-12-4-5-19(23)24/h6-11,13H,3-5,12H2,1-2H3,(H2,21,22,25). The van der Waals surface area contributed by atoms with Crippen molar-refractivity contribution in [2.45, 2.75) is 19.8 Å². The van der Waals surface area contributed by atoms with E-state index in [-0.39, 0.29) is 11.9 Å². The third-order valence-corrected chi connectivity index (χ3v) is 4.22. The molecule has 3 amide bonds. The molecule has 0 atom stereocenters. The molecule has 7 nitrogen and oxygen atoms in total. The molecule has 7 heteroatoms. The van der Waals surface area contributed by atoms with Gasteiger partial charge >= 0.3 is 6.03 Å². The number of nitrogens with one attached hydrogen (secondary N) is 2. The van der Waals surface area contributed by atoms with Crippen LogP contribution < -0.4 is 25.0 Å². The first kappa shape index (κ1) is 18.6. The van der Waals surface area contributed by atoms with E-state index >= 15 is 0 Å². The van der Waals surface area contributed by atoms with Crippen molar-refractivity contribution in [3.05, 3.63) is 42.5 Å². The van der Waals surface area contributed by atoms with Crippen LogP contribution >= 0.6 is 0 Å². The lowest BCUT2D eigenvalue weighted by molar-refractivity contribution is -0.117. The van der Waals surface area contributed by atoms with E-state index in [0.29, 0.717) is 36.7 Å². The summed E-state index contributed by atoms with van der Waals surface area (Å²) < 4.78 is 10.8. The van der Waals surface area contributed by atoms with Gasteiger partial charge in [-0.25, -0.2) is 4.79 Å². The van der Waals surface area contributed by atoms with Crippen molar-refractivity contribution in [3.8, 4) is 11.5 Å². The van der Waals surface area contributed by atoms with Crippen LogP contribution in [-0.4, -0.2) is 32.2 Å². The molecule has 1 aliphatic heterocycles. The van der Waals surface area contributed by atoms with Crippen LogP contribution in [0.2, 0.25) is 0 Å². The summed E-state index contributed by atoms with van der Waals surface area (Å²) >= 11 is 0. The molecular weight excluding hydrogens is 346 g/mol. The molecule has 0 unspecified atom stereocenters. The molecule has 1 aliphatic rings. The van der Waals surface area contributed by atoms with Gasteiger partial charge in [0.05, 0.1) is 19.4 Å². The Labute approximate surface area is 158 Å². The highest BCUT2D eigenvalue weighted by molar-refractivity contribution is 6.01. The molecule has 0 radical (unpaired) electrons. The summed E-state index contributed by atoms with van der Waals surface area (Å²) in [4.78, 5) is 25.9. The van der Waals surface area contributed by atoms with Crippen molar-refractivity contribution >= 4 is 29.0 Å². The predicted octanol–water partition coefficient (Wildman–Crippen LogP) is 3.86. The van der Waals surface area contributed by atoms with Crippen molar-refractivity contribution in [1.82, 2.24) is 0 Å². The van der Waals surface area contributed by atoms with Crippen LogP contribution in [0.5, 0.6) is 11.5 Å². The minimum atomic E-state index is -0.369. The molecule has 2 N–H and O–H groups in total. The van der Waals surface area contributed by atoms with Crippen LogP contribution in [0, 0.1) is 0 Å². The van der Waals surface area contributed by atoms with Crippen molar-refractivity contribution in [3.63, 3.8) is 0 Å². The van der Waals surface area contributed by atoms with Gasteiger partial charge in [0.25, 0.3) is 0 Å². The zero-order valence-electron chi connectivity index (χ0n) is 15.5. The zero-order valence-corrected chi connectivity index (χ0v) is 15.5. The highest BCUT2D eigenvalue weighted by atomic mass is 16.5. The Hall–Kier alpha value is -3.22. The Morgan fingerprint density at radius 3 is 2.44 bits per heavy atom. The van der Waals surface area contributed by atoms with Gasteiger partial charge in [-0.15, -0.1) is 0 Å². The van der Waals surface area contributed by atoms with Crippen LogP contribution in [0.1, 0.15) is 19.8 Å². The second-order valence-corrected chi connectivity index (χ2v) is 6.07. The molecule has 1 saturated heterocycles. The minimum absolute atomic E-state index is 0.0854. The number of hydrogen-bond acceptors (Lipinski definition) is 4. The van der Waals surface area contributed by atoms with E-state index in [0.717, 1.165) is 17.9 Å². The van der Waals surface area contributed by atoms with Gasteiger partial charge in [-0.3, -0.25) is 4.79 Å². The highest BCUT2D eigenvalue weighted by Crippen LogP contribution is 2.33. The van der Waals surface area contributed by atoms with E-state index in [2.05, 4.69) is 10.6 Å². The predicted molar refractivity (Wildman–Crippen MR) is 105 cm³/mol. The molecule has 0 bridgehead atoms. The molecule has 3 rings (SSSR count). The molecule has 2 aromatic rings. The SMILES string of the molecule is CCOc1ccc(NC(=O)Nc2ccc(N3CCCC3=O)c(OC)c2)cc1.